The summed E-state index contributed by atoms with van der Waals surface area (Å²) in [6.45, 7) is 3.96. The predicted octanol–water partition coefficient (Wildman–Crippen LogP) is 4.08. The highest BCUT2D eigenvalue weighted by molar-refractivity contribution is 8.15. The number of allylic oxidation sites excluding steroid dienone is 1. The van der Waals surface area contributed by atoms with E-state index >= 15 is 0 Å². The quantitative estimate of drug-likeness (QED) is 0.240. The molecule has 3 aromatic rings. The van der Waals surface area contributed by atoms with Gasteiger partial charge >= 0.3 is 0 Å². The van der Waals surface area contributed by atoms with Crippen LogP contribution in [0.3, 0.4) is 0 Å². The summed E-state index contributed by atoms with van der Waals surface area (Å²) in [5.74, 6) is 2.19. The first kappa shape index (κ1) is 28.9. The Kier molecular flexibility index (Phi) is 9.62. The molecule has 0 fully saturated rings. The lowest BCUT2D eigenvalue weighted by Gasteiger charge is -2.15. The minimum absolute atomic E-state index is 0.00139. The molecule has 0 spiro atoms. The van der Waals surface area contributed by atoms with Gasteiger partial charge in [-0.3, -0.25) is 9.59 Å². The number of benzene rings is 2. The van der Waals surface area contributed by atoms with E-state index in [0.29, 0.717) is 39.8 Å². The number of methoxy groups -OCH3 is 2. The van der Waals surface area contributed by atoms with Crippen molar-refractivity contribution in [3.63, 3.8) is 0 Å². The molecular formula is C29H31N3O7S. The van der Waals surface area contributed by atoms with Crippen LogP contribution < -0.4 is 14.2 Å². The molecule has 40 heavy (non-hydrogen) atoms. The predicted molar refractivity (Wildman–Crippen MR) is 150 cm³/mol. The Labute approximate surface area is 236 Å². The average molecular weight is 566 g/mol. The number of ether oxygens (including phenoxy) is 4. The fourth-order valence-corrected chi connectivity index (χ4v) is 4.95. The molecule has 1 aliphatic heterocycles. The molecule has 210 valence electrons. The third kappa shape index (κ3) is 7.30. The Morgan fingerprint density at radius 1 is 1.15 bits per heavy atom. The van der Waals surface area contributed by atoms with E-state index in [4.69, 9.17) is 18.9 Å². The number of hydrogen-bond donors (Lipinski definition) is 1. The number of thioether (sulfide) groups is 1. The summed E-state index contributed by atoms with van der Waals surface area (Å²) in [6, 6.07) is 12.2. The van der Waals surface area contributed by atoms with Crippen LogP contribution in [-0.4, -0.2) is 63.2 Å². The van der Waals surface area contributed by atoms with Crippen molar-refractivity contribution in [1.29, 1.82) is 0 Å². The van der Waals surface area contributed by atoms with Crippen LogP contribution in [0.5, 0.6) is 17.2 Å². The van der Waals surface area contributed by atoms with Gasteiger partial charge in [-0.2, -0.15) is 0 Å². The second kappa shape index (κ2) is 13.3. The molecule has 0 aliphatic carbocycles. The van der Waals surface area contributed by atoms with Crippen molar-refractivity contribution < 1.29 is 33.6 Å². The first-order chi connectivity index (χ1) is 19.3. The fraction of sp³-hybridized carbons (Fsp3) is 0.310. The summed E-state index contributed by atoms with van der Waals surface area (Å²) >= 11 is 1.21. The Morgan fingerprint density at radius 3 is 2.70 bits per heavy atom. The van der Waals surface area contributed by atoms with Gasteiger partial charge in [-0.15, -0.1) is 5.10 Å². The number of rotatable bonds is 13. The lowest BCUT2D eigenvalue weighted by molar-refractivity contribution is -0.107. The average Bonchev–Trinajstić information content (AvgIpc) is 3.51. The lowest BCUT2D eigenvalue weighted by Crippen LogP contribution is -2.23. The molecule has 4 rings (SSSR count). The van der Waals surface area contributed by atoms with Crippen LogP contribution in [0.4, 0.5) is 0 Å². The molecule has 0 saturated carbocycles. The highest BCUT2D eigenvalue weighted by atomic mass is 32.2. The minimum atomic E-state index is -0.836. The van der Waals surface area contributed by atoms with Gasteiger partial charge in [0, 0.05) is 22.8 Å². The van der Waals surface area contributed by atoms with Crippen LogP contribution >= 0.6 is 11.8 Å². The van der Waals surface area contributed by atoms with Crippen molar-refractivity contribution >= 4 is 28.7 Å². The Hall–Kier alpha value is -4.09. The maximum absolute atomic E-state index is 12.8. The standard InChI is InChI=1S/C29H31N3O7S/c1-18-28(19(2)40-29(18)35)39-17-23(33)15-32-14-22(30-31-32)16-38-25-7-5-6-21(12-25)26(34)11-9-20-8-10-24(36-3)13-27(20)37-4/h5-14,19,23,33H,15-17H2,1-4H3/b11-9+. The number of hydrogen-bond acceptors (Lipinski definition) is 10. The third-order valence-corrected chi connectivity index (χ3v) is 7.19. The highest BCUT2D eigenvalue weighted by Gasteiger charge is 2.29. The van der Waals surface area contributed by atoms with E-state index in [2.05, 4.69) is 10.3 Å². The Morgan fingerprint density at radius 2 is 1.98 bits per heavy atom. The van der Waals surface area contributed by atoms with Crippen LogP contribution in [-0.2, 0) is 22.7 Å². The van der Waals surface area contributed by atoms with Gasteiger partial charge in [-0.25, -0.2) is 4.68 Å². The Balaban J connectivity index is 1.29. The summed E-state index contributed by atoms with van der Waals surface area (Å²) in [7, 11) is 3.14. The molecule has 0 radical (unpaired) electrons. The summed E-state index contributed by atoms with van der Waals surface area (Å²) in [4.78, 5) is 24.5. The molecule has 0 saturated heterocycles. The van der Waals surface area contributed by atoms with Gasteiger partial charge in [0.15, 0.2) is 5.78 Å². The van der Waals surface area contributed by atoms with E-state index in [1.165, 1.54) is 22.5 Å². The van der Waals surface area contributed by atoms with Crippen molar-refractivity contribution in [2.24, 2.45) is 0 Å². The molecule has 2 aromatic carbocycles. The number of ketones is 1. The molecule has 2 atom stereocenters. The van der Waals surface area contributed by atoms with Crippen LogP contribution in [0, 0.1) is 0 Å². The monoisotopic (exact) mass is 565 g/mol. The molecular weight excluding hydrogens is 534 g/mol. The van der Waals surface area contributed by atoms with Gasteiger partial charge in [-0.05, 0) is 50.3 Å². The van der Waals surface area contributed by atoms with Gasteiger partial charge in [0.1, 0.15) is 48.0 Å². The zero-order chi connectivity index (χ0) is 28.6. The summed E-state index contributed by atoms with van der Waals surface area (Å²) < 4.78 is 23.6. The smallest absolute Gasteiger partial charge is 0.219 e. The number of nitrogens with zero attached hydrogens (tertiary/aromatic N) is 3. The molecule has 2 heterocycles. The van der Waals surface area contributed by atoms with Crippen molar-refractivity contribution in [2.45, 2.75) is 38.4 Å². The molecule has 0 amide bonds. The lowest BCUT2D eigenvalue weighted by atomic mass is 10.1. The Bertz CT molecular complexity index is 1430. The van der Waals surface area contributed by atoms with E-state index in [9.17, 15) is 14.7 Å². The number of carbonyl (C=O) groups is 2. The van der Waals surface area contributed by atoms with Crippen LogP contribution in [0.1, 0.15) is 35.5 Å². The zero-order valence-corrected chi connectivity index (χ0v) is 23.5. The molecule has 10 nitrogen and oxygen atoms in total. The first-order valence-electron chi connectivity index (χ1n) is 12.6. The summed E-state index contributed by atoms with van der Waals surface area (Å²) in [5, 5.41) is 18.4. The number of aromatic nitrogens is 3. The van der Waals surface area contributed by atoms with E-state index in [1.807, 2.05) is 13.0 Å². The van der Waals surface area contributed by atoms with Crippen molar-refractivity contribution in [2.75, 3.05) is 20.8 Å². The molecule has 1 aromatic heterocycles. The van der Waals surface area contributed by atoms with Crippen molar-refractivity contribution in [3.05, 3.63) is 82.9 Å². The maximum atomic E-state index is 12.8. The van der Waals surface area contributed by atoms with E-state index in [1.54, 1.807) is 69.8 Å². The van der Waals surface area contributed by atoms with Gasteiger partial charge in [0.25, 0.3) is 0 Å². The van der Waals surface area contributed by atoms with Gasteiger partial charge in [0.2, 0.25) is 5.12 Å². The number of aliphatic hydroxyl groups excluding tert-OH is 1. The zero-order valence-electron chi connectivity index (χ0n) is 22.7. The van der Waals surface area contributed by atoms with E-state index in [0.717, 1.165) is 5.56 Å². The topological polar surface area (TPSA) is 122 Å². The van der Waals surface area contributed by atoms with Crippen LogP contribution in [0.2, 0.25) is 0 Å². The molecule has 0 bridgehead atoms. The van der Waals surface area contributed by atoms with Gasteiger partial charge < -0.3 is 24.1 Å². The normalized spacial score (nSPS) is 15.9. The molecule has 1 N–H and O–H groups in total. The second-order valence-corrected chi connectivity index (χ2v) is 10.4. The molecule has 2 unspecified atom stereocenters. The minimum Gasteiger partial charge on any atom is -0.497 e. The third-order valence-electron chi connectivity index (χ3n) is 6.10. The molecule has 11 heteroatoms. The second-order valence-electron chi connectivity index (χ2n) is 9.06. The maximum Gasteiger partial charge on any atom is 0.219 e. The largest absolute Gasteiger partial charge is 0.497 e. The SMILES string of the molecule is COc1ccc(/C=C/C(=O)c2cccc(OCc3cn(CC(O)COC4=C(C)C(=O)SC4C)nn3)c2)c(OC)c1. The van der Waals surface area contributed by atoms with Crippen molar-refractivity contribution in [1.82, 2.24) is 15.0 Å². The summed E-state index contributed by atoms with van der Waals surface area (Å²) in [6.07, 6.45) is 4.01. The fourth-order valence-electron chi connectivity index (χ4n) is 4.00. The van der Waals surface area contributed by atoms with E-state index < -0.39 is 6.10 Å². The highest BCUT2D eigenvalue weighted by Crippen LogP contribution is 2.34. The van der Waals surface area contributed by atoms with Crippen LogP contribution in [0.25, 0.3) is 6.08 Å². The number of aliphatic hydroxyl groups is 1. The van der Waals surface area contributed by atoms with Crippen LogP contribution in [0.15, 0.2) is 66.1 Å². The molecule has 1 aliphatic rings. The van der Waals surface area contributed by atoms with Gasteiger partial charge in [-0.1, -0.05) is 29.1 Å². The van der Waals surface area contributed by atoms with Gasteiger partial charge in [0.05, 0.1) is 32.2 Å². The first-order valence-corrected chi connectivity index (χ1v) is 13.4. The summed E-state index contributed by atoms with van der Waals surface area (Å²) in [5.41, 5.74) is 2.36. The van der Waals surface area contributed by atoms with E-state index in [-0.39, 0.29) is 35.9 Å². The number of carbonyl (C=O) groups excluding carboxylic acids is 2. The van der Waals surface area contributed by atoms with Crippen molar-refractivity contribution in [3.8, 4) is 17.2 Å².